The van der Waals surface area contributed by atoms with Crippen molar-refractivity contribution in [2.45, 2.75) is 40.0 Å². The molecule has 1 amide bonds. The first kappa shape index (κ1) is 17.0. The van der Waals surface area contributed by atoms with Crippen LogP contribution in [0.3, 0.4) is 0 Å². The molecule has 3 N–H and O–H groups in total. The molecule has 0 spiro atoms. The van der Waals surface area contributed by atoms with Gasteiger partial charge in [-0.1, -0.05) is 39.0 Å². The topological polar surface area (TPSA) is 58.4 Å². The highest BCUT2D eigenvalue weighted by molar-refractivity contribution is 5.94. The number of anilines is 1. The number of carbonyl (C=O) groups is 1. The minimum absolute atomic E-state index is 0.0671. The van der Waals surface area contributed by atoms with E-state index >= 15 is 0 Å². The SMILES string of the molecule is Cc1cccc(C(C)C)c1NC(=O)CN1CCC(C)(CN)C1. The standard InChI is InChI=1S/C18H29N3O/c1-13(2)15-7-5-6-14(3)17(15)20-16(22)10-21-9-8-18(4,11-19)12-21/h5-7,13H,8-12,19H2,1-4H3,(H,20,22). The molecule has 0 aromatic heterocycles. The fourth-order valence-electron chi connectivity index (χ4n) is 3.15. The molecule has 4 nitrogen and oxygen atoms in total. The van der Waals surface area contributed by atoms with Crippen LogP contribution in [0.2, 0.25) is 0 Å². The highest BCUT2D eigenvalue weighted by Crippen LogP contribution is 2.29. The maximum atomic E-state index is 12.4. The van der Waals surface area contributed by atoms with Crippen molar-refractivity contribution in [3.63, 3.8) is 0 Å². The third-order valence-electron chi connectivity index (χ3n) is 4.69. The number of aryl methyl sites for hydroxylation is 1. The molecule has 0 saturated carbocycles. The number of likely N-dealkylation sites (tertiary alicyclic amines) is 1. The first-order valence-corrected chi connectivity index (χ1v) is 8.16. The van der Waals surface area contributed by atoms with Gasteiger partial charge in [-0.05, 0) is 48.9 Å². The predicted molar refractivity (Wildman–Crippen MR) is 92.1 cm³/mol. The van der Waals surface area contributed by atoms with Crippen molar-refractivity contribution in [1.29, 1.82) is 0 Å². The lowest BCUT2D eigenvalue weighted by molar-refractivity contribution is -0.117. The van der Waals surface area contributed by atoms with Gasteiger partial charge in [-0.15, -0.1) is 0 Å². The van der Waals surface area contributed by atoms with Crippen LogP contribution >= 0.6 is 0 Å². The lowest BCUT2D eigenvalue weighted by Gasteiger charge is -2.23. The smallest absolute Gasteiger partial charge is 0.238 e. The van der Waals surface area contributed by atoms with Crippen LogP contribution in [-0.2, 0) is 4.79 Å². The van der Waals surface area contributed by atoms with Crippen molar-refractivity contribution in [2.24, 2.45) is 11.1 Å². The Labute approximate surface area is 134 Å². The first-order valence-electron chi connectivity index (χ1n) is 8.16. The summed E-state index contributed by atoms with van der Waals surface area (Å²) >= 11 is 0. The van der Waals surface area contributed by atoms with E-state index in [0.717, 1.165) is 30.8 Å². The number of rotatable bonds is 5. The van der Waals surface area contributed by atoms with Crippen LogP contribution in [0.15, 0.2) is 18.2 Å². The number of hydrogen-bond donors (Lipinski definition) is 2. The molecule has 122 valence electrons. The van der Waals surface area contributed by atoms with E-state index in [1.54, 1.807) is 0 Å². The van der Waals surface area contributed by atoms with E-state index in [-0.39, 0.29) is 11.3 Å². The van der Waals surface area contributed by atoms with Gasteiger partial charge < -0.3 is 11.1 Å². The largest absolute Gasteiger partial charge is 0.330 e. The average Bonchev–Trinajstić information content (AvgIpc) is 2.83. The van der Waals surface area contributed by atoms with Crippen LogP contribution in [0.5, 0.6) is 0 Å². The Morgan fingerprint density at radius 2 is 2.18 bits per heavy atom. The van der Waals surface area contributed by atoms with E-state index in [4.69, 9.17) is 5.73 Å². The number of nitrogens with zero attached hydrogens (tertiary/aromatic N) is 1. The van der Waals surface area contributed by atoms with Gasteiger partial charge in [0.25, 0.3) is 0 Å². The summed E-state index contributed by atoms with van der Waals surface area (Å²) in [7, 11) is 0. The van der Waals surface area contributed by atoms with Gasteiger partial charge in [0.1, 0.15) is 0 Å². The Kier molecular flexibility index (Phi) is 5.24. The maximum absolute atomic E-state index is 12.4. The van der Waals surface area contributed by atoms with Crippen molar-refractivity contribution in [3.8, 4) is 0 Å². The molecule has 0 radical (unpaired) electrons. The Morgan fingerprint density at radius 1 is 1.45 bits per heavy atom. The Hall–Kier alpha value is -1.39. The zero-order chi connectivity index (χ0) is 16.3. The van der Waals surface area contributed by atoms with E-state index in [2.05, 4.69) is 37.1 Å². The number of nitrogens with two attached hydrogens (primary N) is 1. The molecular weight excluding hydrogens is 274 g/mol. The molecule has 1 saturated heterocycles. The number of nitrogens with one attached hydrogen (secondary N) is 1. The van der Waals surface area contributed by atoms with E-state index < -0.39 is 0 Å². The molecule has 0 bridgehead atoms. The van der Waals surface area contributed by atoms with Crippen LogP contribution in [0.1, 0.15) is 44.2 Å². The monoisotopic (exact) mass is 303 g/mol. The predicted octanol–water partition coefficient (Wildman–Crippen LogP) is 2.73. The van der Waals surface area contributed by atoms with Gasteiger partial charge in [0.15, 0.2) is 0 Å². The van der Waals surface area contributed by atoms with Crippen LogP contribution in [0.25, 0.3) is 0 Å². The van der Waals surface area contributed by atoms with Gasteiger partial charge in [0.05, 0.1) is 6.54 Å². The molecule has 0 aliphatic carbocycles. The summed E-state index contributed by atoms with van der Waals surface area (Å²) < 4.78 is 0. The third kappa shape index (κ3) is 3.87. The van der Waals surface area contributed by atoms with E-state index in [0.29, 0.717) is 19.0 Å². The molecule has 1 fully saturated rings. The van der Waals surface area contributed by atoms with Gasteiger partial charge >= 0.3 is 0 Å². The van der Waals surface area contributed by atoms with Crippen LogP contribution in [-0.4, -0.2) is 37.0 Å². The molecule has 1 aromatic rings. The quantitative estimate of drug-likeness (QED) is 0.879. The van der Waals surface area contributed by atoms with E-state index in [1.165, 1.54) is 5.56 Å². The first-order chi connectivity index (χ1) is 10.3. The molecular formula is C18H29N3O. The average molecular weight is 303 g/mol. The fourth-order valence-corrected chi connectivity index (χ4v) is 3.15. The summed E-state index contributed by atoms with van der Waals surface area (Å²) in [5.41, 5.74) is 9.28. The number of benzene rings is 1. The summed E-state index contributed by atoms with van der Waals surface area (Å²) in [5.74, 6) is 0.458. The highest BCUT2D eigenvalue weighted by Gasteiger charge is 2.33. The van der Waals surface area contributed by atoms with Crippen LogP contribution < -0.4 is 11.1 Å². The number of para-hydroxylation sites is 1. The molecule has 22 heavy (non-hydrogen) atoms. The molecule has 1 aromatic carbocycles. The Bertz CT molecular complexity index is 541. The van der Waals surface area contributed by atoms with Crippen molar-refractivity contribution in [3.05, 3.63) is 29.3 Å². The molecule has 1 unspecified atom stereocenters. The van der Waals surface area contributed by atoms with Gasteiger partial charge in [-0.2, -0.15) is 0 Å². The second-order valence-corrected chi connectivity index (χ2v) is 7.22. The summed E-state index contributed by atoms with van der Waals surface area (Å²) in [4.78, 5) is 14.6. The Morgan fingerprint density at radius 3 is 2.77 bits per heavy atom. The zero-order valence-corrected chi connectivity index (χ0v) is 14.3. The van der Waals surface area contributed by atoms with Crippen molar-refractivity contribution in [2.75, 3.05) is 31.5 Å². The number of amides is 1. The minimum atomic E-state index is 0.0671. The second-order valence-electron chi connectivity index (χ2n) is 7.22. The molecule has 4 heteroatoms. The lowest BCUT2D eigenvalue weighted by atomic mass is 9.90. The van der Waals surface area contributed by atoms with Crippen molar-refractivity contribution in [1.82, 2.24) is 4.90 Å². The number of carbonyl (C=O) groups excluding carboxylic acids is 1. The van der Waals surface area contributed by atoms with Crippen molar-refractivity contribution >= 4 is 11.6 Å². The van der Waals surface area contributed by atoms with Gasteiger partial charge in [0.2, 0.25) is 5.91 Å². The molecule has 1 atom stereocenters. The van der Waals surface area contributed by atoms with E-state index in [1.807, 2.05) is 19.1 Å². The minimum Gasteiger partial charge on any atom is -0.330 e. The highest BCUT2D eigenvalue weighted by atomic mass is 16.2. The fraction of sp³-hybridized carbons (Fsp3) is 0.611. The third-order valence-corrected chi connectivity index (χ3v) is 4.69. The van der Waals surface area contributed by atoms with Crippen LogP contribution in [0, 0.1) is 12.3 Å². The Balaban J connectivity index is 2.02. The van der Waals surface area contributed by atoms with Gasteiger partial charge in [-0.3, -0.25) is 9.69 Å². The van der Waals surface area contributed by atoms with Crippen LogP contribution in [0.4, 0.5) is 5.69 Å². The second kappa shape index (κ2) is 6.80. The normalized spacial score (nSPS) is 22.3. The summed E-state index contributed by atoms with van der Waals surface area (Å²) in [5, 5.41) is 3.12. The zero-order valence-electron chi connectivity index (χ0n) is 14.3. The molecule has 1 heterocycles. The molecule has 1 aliphatic heterocycles. The van der Waals surface area contributed by atoms with Gasteiger partial charge in [-0.25, -0.2) is 0 Å². The maximum Gasteiger partial charge on any atom is 0.238 e. The lowest BCUT2D eigenvalue weighted by Crippen LogP contribution is -2.35. The summed E-state index contributed by atoms with van der Waals surface area (Å²) in [6.07, 6.45) is 1.07. The van der Waals surface area contributed by atoms with Gasteiger partial charge in [0, 0.05) is 12.2 Å². The molecule has 1 aliphatic rings. The van der Waals surface area contributed by atoms with E-state index in [9.17, 15) is 4.79 Å². The number of hydrogen-bond acceptors (Lipinski definition) is 3. The summed E-state index contributed by atoms with van der Waals surface area (Å²) in [6, 6.07) is 6.19. The summed E-state index contributed by atoms with van der Waals surface area (Å²) in [6.45, 7) is 11.5. The molecule has 2 rings (SSSR count). The van der Waals surface area contributed by atoms with Crippen molar-refractivity contribution < 1.29 is 4.79 Å².